The summed E-state index contributed by atoms with van der Waals surface area (Å²) in [6.07, 6.45) is 1.23. The standard InChI is InChI=1S/C13H22N2S/c1-4-14-13(2,3)10-15-7-5-12-11(9-15)6-8-16-12/h6,8,14H,4-5,7,9-10H2,1-3H3. The second-order valence-electron chi connectivity index (χ2n) is 5.24. The molecule has 0 spiro atoms. The Balaban J connectivity index is 1.94. The maximum Gasteiger partial charge on any atom is 0.0252 e. The summed E-state index contributed by atoms with van der Waals surface area (Å²) in [4.78, 5) is 4.16. The molecule has 90 valence electrons. The molecule has 0 aromatic carbocycles. The van der Waals surface area contributed by atoms with Crippen molar-refractivity contribution >= 4 is 11.3 Å². The first-order valence-corrected chi connectivity index (χ1v) is 7.01. The lowest BCUT2D eigenvalue weighted by Gasteiger charge is -2.35. The van der Waals surface area contributed by atoms with Gasteiger partial charge in [-0.1, -0.05) is 6.92 Å². The monoisotopic (exact) mass is 238 g/mol. The highest BCUT2D eigenvalue weighted by atomic mass is 32.1. The van der Waals surface area contributed by atoms with Gasteiger partial charge in [0, 0.05) is 30.1 Å². The Morgan fingerprint density at radius 3 is 3.06 bits per heavy atom. The zero-order valence-corrected chi connectivity index (χ0v) is 11.4. The van der Waals surface area contributed by atoms with Crippen molar-refractivity contribution in [1.29, 1.82) is 0 Å². The average molecular weight is 238 g/mol. The largest absolute Gasteiger partial charge is 0.311 e. The molecule has 1 aromatic rings. The number of nitrogens with one attached hydrogen (secondary N) is 1. The Kier molecular flexibility index (Phi) is 3.67. The van der Waals surface area contributed by atoms with Crippen LogP contribution in [0.15, 0.2) is 11.4 Å². The minimum absolute atomic E-state index is 0.224. The molecule has 0 saturated heterocycles. The van der Waals surface area contributed by atoms with E-state index in [0.717, 1.165) is 19.6 Å². The first-order chi connectivity index (χ1) is 7.61. The Morgan fingerprint density at radius 2 is 2.31 bits per heavy atom. The van der Waals surface area contributed by atoms with Crippen molar-refractivity contribution in [3.05, 3.63) is 21.9 Å². The van der Waals surface area contributed by atoms with Gasteiger partial charge >= 0.3 is 0 Å². The van der Waals surface area contributed by atoms with Gasteiger partial charge < -0.3 is 5.32 Å². The highest BCUT2D eigenvalue weighted by molar-refractivity contribution is 7.10. The molecule has 1 aromatic heterocycles. The van der Waals surface area contributed by atoms with Crippen LogP contribution in [0.2, 0.25) is 0 Å². The van der Waals surface area contributed by atoms with Crippen molar-refractivity contribution in [2.24, 2.45) is 0 Å². The molecule has 0 aliphatic carbocycles. The second kappa shape index (κ2) is 4.86. The Morgan fingerprint density at radius 1 is 1.50 bits per heavy atom. The Labute approximate surface area is 103 Å². The van der Waals surface area contributed by atoms with Crippen molar-refractivity contribution in [3.8, 4) is 0 Å². The molecular weight excluding hydrogens is 216 g/mol. The maximum absolute atomic E-state index is 3.55. The number of hydrogen-bond donors (Lipinski definition) is 1. The van der Waals surface area contributed by atoms with E-state index in [1.807, 2.05) is 11.3 Å². The molecule has 0 amide bonds. The van der Waals surface area contributed by atoms with Gasteiger partial charge in [0.25, 0.3) is 0 Å². The van der Waals surface area contributed by atoms with E-state index < -0.39 is 0 Å². The molecule has 0 saturated carbocycles. The smallest absolute Gasteiger partial charge is 0.0252 e. The fourth-order valence-corrected chi connectivity index (χ4v) is 3.43. The van der Waals surface area contributed by atoms with Crippen LogP contribution in [0.5, 0.6) is 0 Å². The third kappa shape index (κ3) is 2.84. The predicted molar refractivity (Wildman–Crippen MR) is 71.1 cm³/mol. The van der Waals surface area contributed by atoms with Gasteiger partial charge in [-0.25, -0.2) is 0 Å². The van der Waals surface area contributed by atoms with Gasteiger partial charge in [-0.05, 0) is 43.8 Å². The van der Waals surface area contributed by atoms with Crippen LogP contribution >= 0.6 is 11.3 Å². The fraction of sp³-hybridized carbons (Fsp3) is 0.692. The zero-order valence-electron chi connectivity index (χ0n) is 10.5. The van der Waals surface area contributed by atoms with E-state index in [1.165, 1.54) is 13.0 Å². The van der Waals surface area contributed by atoms with E-state index in [0.29, 0.717) is 0 Å². The lowest BCUT2D eigenvalue weighted by molar-refractivity contribution is 0.189. The van der Waals surface area contributed by atoms with E-state index in [1.54, 1.807) is 10.4 Å². The summed E-state index contributed by atoms with van der Waals surface area (Å²) < 4.78 is 0. The fourth-order valence-electron chi connectivity index (χ4n) is 2.54. The third-order valence-corrected chi connectivity index (χ3v) is 4.18. The van der Waals surface area contributed by atoms with Crippen LogP contribution in [0.25, 0.3) is 0 Å². The minimum atomic E-state index is 0.224. The van der Waals surface area contributed by atoms with Crippen molar-refractivity contribution < 1.29 is 0 Å². The SMILES string of the molecule is CCNC(C)(C)CN1CCc2sccc2C1. The van der Waals surface area contributed by atoms with Gasteiger partial charge in [0.15, 0.2) is 0 Å². The first kappa shape index (κ1) is 12.1. The molecule has 2 nitrogen and oxygen atoms in total. The third-order valence-electron chi connectivity index (χ3n) is 3.16. The molecular formula is C13H22N2S. The van der Waals surface area contributed by atoms with Crippen molar-refractivity contribution in [2.45, 2.75) is 39.3 Å². The van der Waals surface area contributed by atoms with E-state index in [2.05, 4.69) is 42.4 Å². The molecule has 16 heavy (non-hydrogen) atoms. The number of fused-ring (bicyclic) bond motifs is 1. The van der Waals surface area contributed by atoms with E-state index >= 15 is 0 Å². The van der Waals surface area contributed by atoms with Crippen LogP contribution in [0, 0.1) is 0 Å². The predicted octanol–water partition coefficient (Wildman–Crippen LogP) is 2.49. The Hall–Kier alpha value is -0.380. The molecule has 1 N–H and O–H groups in total. The summed E-state index contributed by atoms with van der Waals surface area (Å²) in [5, 5.41) is 5.77. The summed E-state index contributed by atoms with van der Waals surface area (Å²) >= 11 is 1.91. The molecule has 3 heteroatoms. The normalized spacial score (nSPS) is 17.4. The molecule has 0 unspecified atom stereocenters. The summed E-state index contributed by atoms with van der Waals surface area (Å²) in [6, 6.07) is 2.28. The Bertz CT molecular complexity index is 343. The number of hydrogen-bond acceptors (Lipinski definition) is 3. The highest BCUT2D eigenvalue weighted by Crippen LogP contribution is 2.24. The molecule has 0 radical (unpaired) electrons. The topological polar surface area (TPSA) is 15.3 Å². The van der Waals surface area contributed by atoms with Crippen LogP contribution in [-0.2, 0) is 13.0 Å². The summed E-state index contributed by atoms with van der Waals surface area (Å²) in [5.74, 6) is 0. The van der Waals surface area contributed by atoms with Crippen LogP contribution < -0.4 is 5.32 Å². The minimum Gasteiger partial charge on any atom is -0.311 e. The number of nitrogens with zero attached hydrogens (tertiary/aromatic N) is 1. The zero-order chi connectivity index (χ0) is 11.6. The molecule has 0 fully saturated rings. The van der Waals surface area contributed by atoms with Gasteiger partial charge in [0.05, 0.1) is 0 Å². The van der Waals surface area contributed by atoms with Gasteiger partial charge in [0.2, 0.25) is 0 Å². The molecule has 2 heterocycles. The van der Waals surface area contributed by atoms with Gasteiger partial charge in [-0.3, -0.25) is 4.90 Å². The summed E-state index contributed by atoms with van der Waals surface area (Å²) in [6.45, 7) is 11.3. The van der Waals surface area contributed by atoms with E-state index in [4.69, 9.17) is 0 Å². The van der Waals surface area contributed by atoms with Gasteiger partial charge in [-0.15, -0.1) is 11.3 Å². The quantitative estimate of drug-likeness (QED) is 0.867. The van der Waals surface area contributed by atoms with Crippen molar-refractivity contribution in [3.63, 3.8) is 0 Å². The number of rotatable bonds is 4. The number of thiophene rings is 1. The highest BCUT2D eigenvalue weighted by Gasteiger charge is 2.24. The van der Waals surface area contributed by atoms with E-state index in [9.17, 15) is 0 Å². The van der Waals surface area contributed by atoms with Crippen molar-refractivity contribution in [2.75, 3.05) is 19.6 Å². The average Bonchev–Trinajstić information content (AvgIpc) is 2.63. The van der Waals surface area contributed by atoms with Gasteiger partial charge in [-0.2, -0.15) is 0 Å². The molecule has 0 atom stereocenters. The van der Waals surface area contributed by atoms with Crippen LogP contribution in [-0.4, -0.2) is 30.1 Å². The first-order valence-electron chi connectivity index (χ1n) is 6.13. The molecule has 2 rings (SSSR count). The molecule has 1 aliphatic heterocycles. The lowest BCUT2D eigenvalue weighted by atomic mass is 10.0. The van der Waals surface area contributed by atoms with E-state index in [-0.39, 0.29) is 5.54 Å². The summed E-state index contributed by atoms with van der Waals surface area (Å²) in [5.41, 5.74) is 1.77. The van der Waals surface area contributed by atoms with Crippen molar-refractivity contribution in [1.82, 2.24) is 10.2 Å². The summed E-state index contributed by atoms with van der Waals surface area (Å²) in [7, 11) is 0. The maximum atomic E-state index is 3.55. The van der Waals surface area contributed by atoms with Gasteiger partial charge in [0.1, 0.15) is 0 Å². The number of likely N-dealkylation sites (N-methyl/N-ethyl adjacent to an activating group) is 1. The molecule has 0 bridgehead atoms. The van der Waals surface area contributed by atoms with Crippen LogP contribution in [0.4, 0.5) is 0 Å². The molecule has 1 aliphatic rings. The van der Waals surface area contributed by atoms with Crippen LogP contribution in [0.1, 0.15) is 31.2 Å². The lowest BCUT2D eigenvalue weighted by Crippen LogP contribution is -2.49. The van der Waals surface area contributed by atoms with Crippen LogP contribution in [0.3, 0.4) is 0 Å². The second-order valence-corrected chi connectivity index (χ2v) is 6.24.